The van der Waals surface area contributed by atoms with E-state index in [2.05, 4.69) is 10.6 Å². The molecule has 3 aromatic rings. The van der Waals surface area contributed by atoms with Gasteiger partial charge in [-0.3, -0.25) is 9.69 Å². The lowest BCUT2D eigenvalue weighted by Crippen LogP contribution is -2.48. The zero-order chi connectivity index (χ0) is 26.9. The number of amides is 3. The van der Waals surface area contributed by atoms with E-state index in [0.717, 1.165) is 36.4 Å². The van der Waals surface area contributed by atoms with Crippen LogP contribution in [0.4, 0.5) is 42.5 Å². The largest absolute Gasteiger partial charge is 0.423 e. The molecule has 0 fully saturated rings. The molecule has 6 nitrogen and oxygen atoms in total. The second-order valence-corrected chi connectivity index (χ2v) is 8.93. The standard InChI is InChI=1S/C24H14ClF6N3O3/c25-16-3-1-10(26)5-13(16)20-19-14(21(35)33-20)6-12(28)8-17(19)32-22(36)34-9-23(37,24(29,30)31)15-7-11(27)2-4-18(15)34/h1-8,20,37H,9H2,(H,32,36)(H,33,35). The van der Waals surface area contributed by atoms with Gasteiger partial charge in [-0.05, 0) is 48.5 Å². The van der Waals surface area contributed by atoms with Crippen LogP contribution in [0.3, 0.4) is 0 Å². The summed E-state index contributed by atoms with van der Waals surface area (Å²) in [5, 5.41) is 15.2. The fourth-order valence-electron chi connectivity index (χ4n) is 4.55. The maximum absolute atomic E-state index is 14.4. The molecular formula is C24H14ClF6N3O3. The normalized spacial score (nSPS) is 20.5. The van der Waals surface area contributed by atoms with Gasteiger partial charge >= 0.3 is 12.2 Å². The number of carbonyl (C=O) groups excluding carboxylic acids is 2. The van der Waals surface area contributed by atoms with E-state index in [1.807, 2.05) is 0 Å². The van der Waals surface area contributed by atoms with E-state index in [9.17, 15) is 41.0 Å². The molecule has 2 atom stereocenters. The number of fused-ring (bicyclic) bond motifs is 2. The van der Waals surface area contributed by atoms with Gasteiger partial charge in [-0.15, -0.1) is 0 Å². The third-order valence-electron chi connectivity index (χ3n) is 6.26. The van der Waals surface area contributed by atoms with E-state index in [1.54, 1.807) is 0 Å². The number of nitrogens with zero attached hydrogens (tertiary/aromatic N) is 1. The summed E-state index contributed by atoms with van der Waals surface area (Å²) >= 11 is 6.17. The van der Waals surface area contributed by atoms with Crippen molar-refractivity contribution in [1.29, 1.82) is 0 Å². The van der Waals surface area contributed by atoms with Crippen molar-refractivity contribution < 1.29 is 41.0 Å². The van der Waals surface area contributed by atoms with Crippen molar-refractivity contribution >= 4 is 34.9 Å². The summed E-state index contributed by atoms with van der Waals surface area (Å²) in [5.41, 5.74) is -5.31. The van der Waals surface area contributed by atoms with E-state index >= 15 is 0 Å². The minimum Gasteiger partial charge on any atom is -0.375 e. The van der Waals surface area contributed by atoms with Crippen molar-refractivity contribution in [3.05, 3.63) is 93.3 Å². The number of hydrogen-bond donors (Lipinski definition) is 3. The van der Waals surface area contributed by atoms with Crippen LogP contribution in [0.5, 0.6) is 0 Å². The summed E-state index contributed by atoms with van der Waals surface area (Å²) in [4.78, 5) is 26.2. The van der Waals surface area contributed by atoms with Crippen molar-refractivity contribution in [3.8, 4) is 0 Å². The molecule has 0 bridgehead atoms. The summed E-state index contributed by atoms with van der Waals surface area (Å²) < 4.78 is 83.3. The lowest BCUT2D eigenvalue weighted by molar-refractivity contribution is -0.258. The van der Waals surface area contributed by atoms with Crippen LogP contribution in [0.2, 0.25) is 5.02 Å². The SMILES string of the molecule is O=C1NC(c2cc(F)ccc2Cl)c2c(NC(=O)N3CC(O)(C(F)(F)F)c4cc(F)ccc43)cc(F)cc21. The predicted molar refractivity (Wildman–Crippen MR) is 120 cm³/mol. The van der Waals surface area contributed by atoms with Crippen LogP contribution >= 0.6 is 11.6 Å². The molecule has 2 aliphatic heterocycles. The zero-order valence-corrected chi connectivity index (χ0v) is 19.0. The van der Waals surface area contributed by atoms with Gasteiger partial charge in [-0.2, -0.15) is 13.2 Å². The lowest BCUT2D eigenvalue weighted by atomic mass is 9.95. The first-order valence-corrected chi connectivity index (χ1v) is 10.9. The molecule has 5 rings (SSSR count). The van der Waals surface area contributed by atoms with E-state index in [1.165, 1.54) is 6.07 Å². The zero-order valence-electron chi connectivity index (χ0n) is 18.3. The molecule has 192 valence electrons. The highest BCUT2D eigenvalue weighted by atomic mass is 35.5. The maximum Gasteiger partial charge on any atom is 0.423 e. The first-order valence-electron chi connectivity index (χ1n) is 10.6. The molecule has 0 radical (unpaired) electrons. The highest BCUT2D eigenvalue weighted by molar-refractivity contribution is 6.31. The van der Waals surface area contributed by atoms with Gasteiger partial charge in [-0.25, -0.2) is 18.0 Å². The lowest BCUT2D eigenvalue weighted by Gasteiger charge is -2.27. The van der Waals surface area contributed by atoms with Crippen molar-refractivity contribution in [1.82, 2.24) is 5.32 Å². The molecule has 0 aromatic heterocycles. The number of benzene rings is 3. The van der Waals surface area contributed by atoms with Crippen molar-refractivity contribution in [2.75, 3.05) is 16.8 Å². The number of carbonyl (C=O) groups is 2. The molecule has 2 heterocycles. The van der Waals surface area contributed by atoms with Gasteiger partial charge in [0.25, 0.3) is 5.91 Å². The summed E-state index contributed by atoms with van der Waals surface area (Å²) in [6.07, 6.45) is -5.26. The Morgan fingerprint density at radius 1 is 1.05 bits per heavy atom. The van der Waals surface area contributed by atoms with Crippen molar-refractivity contribution in [2.45, 2.75) is 17.8 Å². The number of aliphatic hydroxyl groups is 1. The fraction of sp³-hybridized carbons (Fsp3) is 0.167. The number of nitrogens with one attached hydrogen (secondary N) is 2. The maximum atomic E-state index is 14.4. The summed E-state index contributed by atoms with van der Waals surface area (Å²) in [6, 6.07) is 4.86. The Hall–Kier alpha value is -3.77. The van der Waals surface area contributed by atoms with E-state index in [4.69, 9.17) is 11.6 Å². The molecule has 2 aliphatic rings. The molecular weight excluding hydrogens is 528 g/mol. The molecule has 0 aliphatic carbocycles. The minimum absolute atomic E-state index is 0.00291. The number of alkyl halides is 3. The third kappa shape index (κ3) is 3.96. The monoisotopic (exact) mass is 541 g/mol. The van der Waals surface area contributed by atoms with Gasteiger partial charge in [-0.1, -0.05) is 11.6 Å². The molecule has 0 saturated carbocycles. The number of hydrogen-bond acceptors (Lipinski definition) is 3. The molecule has 0 spiro atoms. The number of rotatable bonds is 2. The molecule has 2 unspecified atom stereocenters. The Morgan fingerprint density at radius 3 is 2.43 bits per heavy atom. The molecule has 37 heavy (non-hydrogen) atoms. The third-order valence-corrected chi connectivity index (χ3v) is 6.60. The minimum atomic E-state index is -5.26. The van der Waals surface area contributed by atoms with Crippen LogP contribution in [0.1, 0.15) is 33.1 Å². The Balaban J connectivity index is 1.57. The van der Waals surface area contributed by atoms with E-state index in [0.29, 0.717) is 11.0 Å². The summed E-state index contributed by atoms with van der Waals surface area (Å²) in [7, 11) is 0. The highest BCUT2D eigenvalue weighted by Gasteiger charge is 2.61. The molecule has 3 amide bonds. The van der Waals surface area contributed by atoms with Crippen LogP contribution in [0.25, 0.3) is 0 Å². The van der Waals surface area contributed by atoms with Gasteiger partial charge in [0.05, 0.1) is 24.0 Å². The number of β-amino-alcohol motifs (C(OH)–C–C–N with tert-alkyl or cyclic N) is 1. The van der Waals surface area contributed by atoms with Gasteiger partial charge in [0.1, 0.15) is 17.5 Å². The topological polar surface area (TPSA) is 81.7 Å². The first kappa shape index (κ1) is 24.9. The van der Waals surface area contributed by atoms with Crippen LogP contribution in [0.15, 0.2) is 48.5 Å². The fourth-order valence-corrected chi connectivity index (χ4v) is 4.78. The van der Waals surface area contributed by atoms with E-state index in [-0.39, 0.29) is 27.4 Å². The number of anilines is 2. The molecule has 3 N–H and O–H groups in total. The Morgan fingerprint density at radius 2 is 1.73 bits per heavy atom. The number of urea groups is 1. The molecule has 0 saturated heterocycles. The summed E-state index contributed by atoms with van der Waals surface area (Å²) in [6.45, 7) is -1.31. The smallest absolute Gasteiger partial charge is 0.375 e. The van der Waals surface area contributed by atoms with Gasteiger partial charge in [0, 0.05) is 27.3 Å². The Bertz CT molecular complexity index is 1480. The van der Waals surface area contributed by atoms with Crippen LogP contribution < -0.4 is 15.5 Å². The molecule has 13 heteroatoms. The Kier molecular flexibility index (Phi) is 5.64. The van der Waals surface area contributed by atoms with Crippen molar-refractivity contribution in [2.24, 2.45) is 0 Å². The van der Waals surface area contributed by atoms with Crippen LogP contribution in [-0.4, -0.2) is 29.8 Å². The van der Waals surface area contributed by atoms with Gasteiger partial charge in [0.2, 0.25) is 5.60 Å². The van der Waals surface area contributed by atoms with Gasteiger partial charge < -0.3 is 15.7 Å². The quantitative estimate of drug-likeness (QED) is 0.381. The Labute approximate surface area is 209 Å². The number of halogens is 7. The van der Waals surface area contributed by atoms with Crippen molar-refractivity contribution in [3.63, 3.8) is 0 Å². The van der Waals surface area contributed by atoms with Gasteiger partial charge in [0.15, 0.2) is 0 Å². The van der Waals surface area contributed by atoms with E-state index < -0.39 is 65.0 Å². The van der Waals surface area contributed by atoms with Crippen LogP contribution in [0, 0.1) is 17.5 Å². The molecule has 3 aromatic carbocycles. The highest BCUT2D eigenvalue weighted by Crippen LogP contribution is 2.49. The second-order valence-electron chi connectivity index (χ2n) is 8.52. The summed E-state index contributed by atoms with van der Waals surface area (Å²) in [5.74, 6) is -3.47. The average Bonchev–Trinajstić information content (AvgIpc) is 3.30. The second kappa shape index (κ2) is 8.38. The first-order chi connectivity index (χ1) is 17.3. The average molecular weight is 542 g/mol. The van der Waals surface area contributed by atoms with Crippen LogP contribution in [-0.2, 0) is 5.60 Å². The predicted octanol–water partition coefficient (Wildman–Crippen LogP) is 5.39.